The minimum atomic E-state index is -0.113. The van der Waals surface area contributed by atoms with Crippen molar-refractivity contribution in [3.8, 4) is 0 Å². The summed E-state index contributed by atoms with van der Waals surface area (Å²) >= 11 is 0. The molecule has 0 aromatic rings. The van der Waals surface area contributed by atoms with Crippen LogP contribution in [0.5, 0.6) is 0 Å². The van der Waals surface area contributed by atoms with Crippen LogP contribution in [-0.2, 0) is 0 Å². The summed E-state index contributed by atoms with van der Waals surface area (Å²) in [7, 11) is 0. The van der Waals surface area contributed by atoms with Gasteiger partial charge in [0.15, 0.2) is 0 Å². The first-order chi connectivity index (χ1) is 5.57. The molecule has 1 N–H and O–H groups in total. The van der Waals surface area contributed by atoms with Crippen LogP contribution >= 0.6 is 0 Å². The molecule has 0 aromatic carbocycles. The van der Waals surface area contributed by atoms with Gasteiger partial charge in [0.05, 0.1) is 6.10 Å². The number of aliphatic hydroxyl groups is 1. The van der Waals surface area contributed by atoms with E-state index in [4.69, 9.17) is 0 Å². The summed E-state index contributed by atoms with van der Waals surface area (Å²) < 4.78 is 0. The normalized spacial score (nSPS) is 41.7. The Bertz CT molecular complexity index is 174. The van der Waals surface area contributed by atoms with Crippen LogP contribution in [0, 0.1) is 17.8 Å². The van der Waals surface area contributed by atoms with E-state index < -0.39 is 0 Å². The molecule has 4 atom stereocenters. The van der Waals surface area contributed by atoms with E-state index in [1.165, 1.54) is 5.57 Å². The van der Waals surface area contributed by atoms with Crippen LogP contribution in [0.25, 0.3) is 0 Å². The maximum atomic E-state index is 9.74. The SMILES string of the molecule is C=C(CC)C1C[C@H](C)[C@H](O)[C@H]1C. The van der Waals surface area contributed by atoms with Gasteiger partial charge in [0, 0.05) is 0 Å². The molecule has 1 fully saturated rings. The minimum absolute atomic E-state index is 0.113. The first-order valence-electron chi connectivity index (χ1n) is 4.93. The molecule has 0 radical (unpaired) electrons. The Morgan fingerprint density at radius 3 is 2.42 bits per heavy atom. The summed E-state index contributed by atoms with van der Waals surface area (Å²) in [5, 5.41) is 9.74. The number of rotatable bonds is 2. The fourth-order valence-electron chi connectivity index (χ4n) is 2.31. The Morgan fingerprint density at radius 2 is 2.08 bits per heavy atom. The third-order valence-electron chi connectivity index (χ3n) is 3.36. The number of allylic oxidation sites excluding steroid dienone is 1. The fourth-order valence-corrected chi connectivity index (χ4v) is 2.31. The van der Waals surface area contributed by atoms with Crippen molar-refractivity contribution in [3.05, 3.63) is 12.2 Å². The van der Waals surface area contributed by atoms with Crippen LogP contribution < -0.4 is 0 Å². The highest BCUT2D eigenvalue weighted by atomic mass is 16.3. The van der Waals surface area contributed by atoms with E-state index >= 15 is 0 Å². The van der Waals surface area contributed by atoms with Crippen LogP contribution in [0.2, 0.25) is 0 Å². The van der Waals surface area contributed by atoms with Crippen LogP contribution in [0.4, 0.5) is 0 Å². The van der Waals surface area contributed by atoms with Crippen molar-refractivity contribution in [2.45, 2.75) is 39.7 Å². The monoisotopic (exact) mass is 168 g/mol. The number of hydrogen-bond donors (Lipinski definition) is 1. The average Bonchev–Trinajstić information content (AvgIpc) is 2.32. The summed E-state index contributed by atoms with van der Waals surface area (Å²) in [6, 6.07) is 0. The molecular weight excluding hydrogens is 148 g/mol. The van der Waals surface area contributed by atoms with Gasteiger partial charge in [0.1, 0.15) is 0 Å². The number of aliphatic hydroxyl groups excluding tert-OH is 1. The molecule has 0 bridgehead atoms. The lowest BCUT2D eigenvalue weighted by Gasteiger charge is -2.18. The molecular formula is C11H20O. The molecule has 1 nitrogen and oxygen atoms in total. The van der Waals surface area contributed by atoms with Gasteiger partial charge < -0.3 is 5.11 Å². The Kier molecular flexibility index (Phi) is 2.94. The zero-order chi connectivity index (χ0) is 9.30. The molecule has 1 aliphatic carbocycles. The van der Waals surface area contributed by atoms with Crippen molar-refractivity contribution >= 4 is 0 Å². The lowest BCUT2D eigenvalue weighted by atomic mass is 9.89. The van der Waals surface area contributed by atoms with Gasteiger partial charge >= 0.3 is 0 Å². The van der Waals surface area contributed by atoms with E-state index in [1.807, 2.05) is 0 Å². The first-order valence-corrected chi connectivity index (χ1v) is 4.93. The van der Waals surface area contributed by atoms with Gasteiger partial charge in [0.25, 0.3) is 0 Å². The van der Waals surface area contributed by atoms with Gasteiger partial charge in [-0.2, -0.15) is 0 Å². The average molecular weight is 168 g/mol. The first kappa shape index (κ1) is 9.79. The summed E-state index contributed by atoms with van der Waals surface area (Å²) in [6.45, 7) is 10.5. The Morgan fingerprint density at radius 1 is 1.50 bits per heavy atom. The van der Waals surface area contributed by atoms with Crippen molar-refractivity contribution in [1.82, 2.24) is 0 Å². The van der Waals surface area contributed by atoms with Crippen molar-refractivity contribution in [3.63, 3.8) is 0 Å². The second-order valence-corrected chi connectivity index (χ2v) is 4.18. The van der Waals surface area contributed by atoms with E-state index in [0.29, 0.717) is 17.8 Å². The predicted octanol–water partition coefficient (Wildman–Crippen LogP) is 2.61. The van der Waals surface area contributed by atoms with E-state index in [9.17, 15) is 5.11 Å². The topological polar surface area (TPSA) is 20.2 Å². The van der Waals surface area contributed by atoms with Crippen LogP contribution in [0.3, 0.4) is 0 Å². The number of hydrogen-bond acceptors (Lipinski definition) is 1. The van der Waals surface area contributed by atoms with Crippen LogP contribution in [0.1, 0.15) is 33.6 Å². The quantitative estimate of drug-likeness (QED) is 0.628. The summed E-state index contributed by atoms with van der Waals surface area (Å²) in [5.74, 6) is 1.42. The van der Waals surface area contributed by atoms with Crippen molar-refractivity contribution in [2.75, 3.05) is 0 Å². The second kappa shape index (κ2) is 3.61. The van der Waals surface area contributed by atoms with Gasteiger partial charge in [-0.3, -0.25) is 0 Å². The van der Waals surface area contributed by atoms with Crippen LogP contribution in [0.15, 0.2) is 12.2 Å². The molecule has 1 rings (SSSR count). The molecule has 0 heterocycles. The third-order valence-corrected chi connectivity index (χ3v) is 3.36. The van der Waals surface area contributed by atoms with Gasteiger partial charge in [-0.25, -0.2) is 0 Å². The van der Waals surface area contributed by atoms with Crippen molar-refractivity contribution in [2.24, 2.45) is 17.8 Å². The standard InChI is InChI=1S/C11H20O/c1-5-7(2)10-6-8(3)11(12)9(10)4/h8-12H,2,5-6H2,1,3-4H3/t8-,9-,10?,11-/m0/s1. The van der Waals surface area contributed by atoms with Gasteiger partial charge in [-0.15, -0.1) is 0 Å². The van der Waals surface area contributed by atoms with E-state index in [-0.39, 0.29) is 6.10 Å². The lowest BCUT2D eigenvalue weighted by Crippen LogP contribution is -2.19. The zero-order valence-corrected chi connectivity index (χ0v) is 8.38. The highest BCUT2D eigenvalue weighted by Crippen LogP contribution is 2.40. The second-order valence-electron chi connectivity index (χ2n) is 4.18. The van der Waals surface area contributed by atoms with Crippen molar-refractivity contribution in [1.29, 1.82) is 0 Å². The molecule has 1 saturated carbocycles. The highest BCUT2D eigenvalue weighted by molar-refractivity contribution is 5.07. The summed E-state index contributed by atoms with van der Waals surface area (Å²) in [6.07, 6.45) is 2.06. The molecule has 0 saturated heterocycles. The summed E-state index contributed by atoms with van der Waals surface area (Å²) in [5.41, 5.74) is 1.31. The van der Waals surface area contributed by atoms with Crippen LogP contribution in [-0.4, -0.2) is 11.2 Å². The zero-order valence-electron chi connectivity index (χ0n) is 8.38. The maximum absolute atomic E-state index is 9.74. The largest absolute Gasteiger partial charge is 0.393 e. The third kappa shape index (κ3) is 1.56. The highest BCUT2D eigenvalue weighted by Gasteiger charge is 2.37. The molecule has 12 heavy (non-hydrogen) atoms. The van der Waals surface area contributed by atoms with E-state index in [1.54, 1.807) is 0 Å². The molecule has 1 aliphatic rings. The Labute approximate surface area is 75.5 Å². The molecule has 1 heteroatoms. The summed E-state index contributed by atoms with van der Waals surface area (Å²) in [4.78, 5) is 0. The van der Waals surface area contributed by atoms with Crippen molar-refractivity contribution < 1.29 is 5.11 Å². The molecule has 0 aromatic heterocycles. The fraction of sp³-hybridized carbons (Fsp3) is 0.818. The molecule has 0 amide bonds. The lowest BCUT2D eigenvalue weighted by molar-refractivity contribution is 0.0998. The molecule has 0 aliphatic heterocycles. The Balaban J connectivity index is 2.64. The van der Waals surface area contributed by atoms with Gasteiger partial charge in [0.2, 0.25) is 0 Å². The van der Waals surface area contributed by atoms with E-state index in [2.05, 4.69) is 27.4 Å². The minimum Gasteiger partial charge on any atom is -0.393 e. The smallest absolute Gasteiger partial charge is 0.0597 e. The maximum Gasteiger partial charge on any atom is 0.0597 e. The molecule has 0 spiro atoms. The van der Waals surface area contributed by atoms with Gasteiger partial charge in [-0.05, 0) is 30.6 Å². The van der Waals surface area contributed by atoms with E-state index in [0.717, 1.165) is 12.8 Å². The predicted molar refractivity (Wildman–Crippen MR) is 51.9 cm³/mol. The van der Waals surface area contributed by atoms with Gasteiger partial charge in [-0.1, -0.05) is 32.9 Å². The molecule has 70 valence electrons. The Hall–Kier alpha value is -0.300. The molecule has 1 unspecified atom stereocenters.